The number of rotatable bonds is 8. The third-order valence-corrected chi connectivity index (χ3v) is 3.61. The van der Waals surface area contributed by atoms with E-state index in [1.165, 1.54) is 0 Å². The number of carboxylic acid groups (broad SMARTS) is 1. The van der Waals surface area contributed by atoms with Gasteiger partial charge in [-0.25, -0.2) is 4.79 Å². The molecule has 1 unspecified atom stereocenters. The molecule has 5 nitrogen and oxygen atoms in total. The maximum Gasteiger partial charge on any atom is 0.319 e. The second-order valence-corrected chi connectivity index (χ2v) is 5.24. The minimum absolute atomic E-state index is 0.0405. The molecule has 0 bridgehead atoms. The minimum atomic E-state index is -0.821. The SMILES string of the molecule is CCC(CSC)N(C)C(=O)N(C)CCCC(=O)O. The zero-order valence-corrected chi connectivity index (χ0v) is 12.5. The number of carbonyl (C=O) groups excluding carboxylic acids is 1. The van der Waals surface area contributed by atoms with Crippen LogP contribution in [0.3, 0.4) is 0 Å². The zero-order chi connectivity index (χ0) is 14.1. The lowest BCUT2D eigenvalue weighted by atomic mass is 10.2. The first-order valence-electron chi connectivity index (χ1n) is 6.12. The van der Waals surface area contributed by atoms with Crippen molar-refractivity contribution in [3.05, 3.63) is 0 Å². The fourth-order valence-electron chi connectivity index (χ4n) is 1.68. The second kappa shape index (κ2) is 9.08. The highest BCUT2D eigenvalue weighted by atomic mass is 32.2. The molecule has 0 heterocycles. The molecule has 0 aliphatic rings. The van der Waals surface area contributed by atoms with Gasteiger partial charge >= 0.3 is 12.0 Å². The van der Waals surface area contributed by atoms with Gasteiger partial charge in [0.15, 0.2) is 0 Å². The Morgan fingerprint density at radius 2 is 1.94 bits per heavy atom. The van der Waals surface area contributed by atoms with E-state index in [1.54, 1.807) is 35.7 Å². The van der Waals surface area contributed by atoms with E-state index in [2.05, 4.69) is 6.92 Å². The van der Waals surface area contributed by atoms with Crippen LogP contribution in [-0.2, 0) is 4.79 Å². The minimum Gasteiger partial charge on any atom is -0.481 e. The Kier molecular flexibility index (Phi) is 8.62. The number of carbonyl (C=O) groups is 2. The molecule has 0 rings (SSSR count). The van der Waals surface area contributed by atoms with E-state index in [9.17, 15) is 9.59 Å². The van der Waals surface area contributed by atoms with Crippen LogP contribution in [0.4, 0.5) is 4.79 Å². The summed E-state index contributed by atoms with van der Waals surface area (Å²) in [7, 11) is 3.52. The molecule has 1 atom stereocenters. The molecule has 6 heteroatoms. The Bertz CT molecular complexity index is 274. The van der Waals surface area contributed by atoms with Crippen molar-refractivity contribution in [2.45, 2.75) is 32.2 Å². The van der Waals surface area contributed by atoms with Crippen molar-refractivity contribution < 1.29 is 14.7 Å². The molecule has 0 saturated heterocycles. The third kappa shape index (κ3) is 6.14. The van der Waals surface area contributed by atoms with Crippen molar-refractivity contribution in [2.75, 3.05) is 32.6 Å². The van der Waals surface area contributed by atoms with Gasteiger partial charge in [0.2, 0.25) is 0 Å². The van der Waals surface area contributed by atoms with Gasteiger partial charge in [-0.2, -0.15) is 11.8 Å². The average Bonchev–Trinajstić information content (AvgIpc) is 2.33. The van der Waals surface area contributed by atoms with Crippen LogP contribution in [0, 0.1) is 0 Å². The molecule has 106 valence electrons. The van der Waals surface area contributed by atoms with Crippen LogP contribution in [0.25, 0.3) is 0 Å². The average molecular weight is 276 g/mol. The molecular weight excluding hydrogens is 252 g/mol. The van der Waals surface area contributed by atoms with E-state index >= 15 is 0 Å². The predicted octanol–water partition coefficient (Wildman–Crippen LogP) is 1.98. The fraction of sp³-hybridized carbons (Fsp3) is 0.833. The molecule has 1 N–H and O–H groups in total. The normalized spacial score (nSPS) is 12.0. The fourth-order valence-corrected chi connectivity index (χ4v) is 2.53. The van der Waals surface area contributed by atoms with Gasteiger partial charge in [-0.1, -0.05) is 6.92 Å². The van der Waals surface area contributed by atoms with E-state index in [1.807, 2.05) is 6.26 Å². The lowest BCUT2D eigenvalue weighted by molar-refractivity contribution is -0.137. The molecule has 0 aromatic rings. The van der Waals surface area contributed by atoms with Crippen molar-refractivity contribution in [3.63, 3.8) is 0 Å². The van der Waals surface area contributed by atoms with Crippen molar-refractivity contribution in [1.82, 2.24) is 9.80 Å². The Hall–Kier alpha value is -0.910. The van der Waals surface area contributed by atoms with Crippen molar-refractivity contribution in [1.29, 1.82) is 0 Å². The Balaban J connectivity index is 4.21. The third-order valence-electron chi connectivity index (χ3n) is 2.89. The number of carboxylic acids is 1. The first-order chi connectivity index (χ1) is 8.43. The van der Waals surface area contributed by atoms with Crippen LogP contribution in [0.2, 0.25) is 0 Å². The maximum absolute atomic E-state index is 12.1. The number of nitrogens with zero attached hydrogens (tertiary/aromatic N) is 2. The molecule has 2 amide bonds. The molecule has 18 heavy (non-hydrogen) atoms. The largest absolute Gasteiger partial charge is 0.481 e. The molecule has 0 fully saturated rings. The summed E-state index contributed by atoms with van der Waals surface area (Å²) in [4.78, 5) is 25.8. The van der Waals surface area contributed by atoms with Gasteiger partial charge in [0.1, 0.15) is 0 Å². The number of aliphatic carboxylic acids is 1. The highest BCUT2D eigenvalue weighted by molar-refractivity contribution is 7.98. The summed E-state index contributed by atoms with van der Waals surface area (Å²) in [5.74, 6) is 0.0971. The Labute approximate surface area is 114 Å². The molecule has 0 saturated carbocycles. The molecule has 0 aromatic carbocycles. The number of amides is 2. The molecule has 0 aliphatic carbocycles. The topological polar surface area (TPSA) is 60.9 Å². The highest BCUT2D eigenvalue weighted by Gasteiger charge is 2.20. The van der Waals surface area contributed by atoms with Gasteiger partial charge in [-0.15, -0.1) is 0 Å². The number of thioether (sulfide) groups is 1. The summed E-state index contributed by atoms with van der Waals surface area (Å²) in [6.07, 6.45) is 3.54. The van der Waals surface area contributed by atoms with Crippen molar-refractivity contribution >= 4 is 23.8 Å². The second-order valence-electron chi connectivity index (χ2n) is 4.33. The summed E-state index contributed by atoms with van der Waals surface area (Å²) in [5, 5.41) is 8.55. The van der Waals surface area contributed by atoms with Crippen LogP contribution in [0.5, 0.6) is 0 Å². The van der Waals surface area contributed by atoms with Crippen molar-refractivity contribution in [3.8, 4) is 0 Å². The molecular formula is C12H24N2O3S. The van der Waals surface area contributed by atoms with Gasteiger partial charge in [0.05, 0.1) is 0 Å². The Morgan fingerprint density at radius 3 is 2.39 bits per heavy atom. The van der Waals surface area contributed by atoms with E-state index in [0.29, 0.717) is 13.0 Å². The lowest BCUT2D eigenvalue weighted by Gasteiger charge is -2.31. The van der Waals surface area contributed by atoms with Gasteiger partial charge in [-0.3, -0.25) is 4.79 Å². The van der Waals surface area contributed by atoms with Crippen molar-refractivity contribution in [2.24, 2.45) is 0 Å². The van der Waals surface area contributed by atoms with Gasteiger partial charge < -0.3 is 14.9 Å². The summed E-state index contributed by atoms with van der Waals surface area (Å²) in [6, 6.07) is 0.190. The molecule has 0 aliphatic heterocycles. The number of hydrogen-bond acceptors (Lipinski definition) is 3. The summed E-state index contributed by atoms with van der Waals surface area (Å²) < 4.78 is 0. The van der Waals surface area contributed by atoms with Crippen LogP contribution >= 0.6 is 11.8 Å². The Morgan fingerprint density at radius 1 is 1.33 bits per heavy atom. The standard InChI is InChI=1S/C12H24N2O3S/c1-5-10(9-18-4)14(3)12(17)13(2)8-6-7-11(15)16/h10H,5-9H2,1-4H3,(H,15,16). The van der Waals surface area contributed by atoms with E-state index < -0.39 is 5.97 Å². The lowest BCUT2D eigenvalue weighted by Crippen LogP contribution is -2.45. The number of hydrogen-bond donors (Lipinski definition) is 1. The van der Waals surface area contributed by atoms with Crippen LogP contribution in [0.1, 0.15) is 26.2 Å². The quantitative estimate of drug-likeness (QED) is 0.736. The summed E-state index contributed by atoms with van der Waals surface area (Å²) >= 11 is 1.72. The van der Waals surface area contributed by atoms with Crippen LogP contribution in [-0.4, -0.2) is 65.6 Å². The van der Waals surface area contributed by atoms with Gasteiger partial charge in [0.25, 0.3) is 0 Å². The van der Waals surface area contributed by atoms with Gasteiger partial charge in [0, 0.05) is 38.9 Å². The monoisotopic (exact) mass is 276 g/mol. The van der Waals surface area contributed by atoms with Gasteiger partial charge in [-0.05, 0) is 19.1 Å². The van der Waals surface area contributed by atoms with Crippen LogP contribution < -0.4 is 0 Å². The van der Waals surface area contributed by atoms with Crippen LogP contribution in [0.15, 0.2) is 0 Å². The van der Waals surface area contributed by atoms with E-state index in [0.717, 1.165) is 12.2 Å². The predicted molar refractivity (Wildman–Crippen MR) is 75.1 cm³/mol. The summed E-state index contributed by atoms with van der Waals surface area (Å²) in [6.45, 7) is 2.54. The maximum atomic E-state index is 12.1. The molecule has 0 aromatic heterocycles. The first-order valence-corrected chi connectivity index (χ1v) is 7.52. The smallest absolute Gasteiger partial charge is 0.319 e. The zero-order valence-electron chi connectivity index (χ0n) is 11.7. The summed E-state index contributed by atoms with van der Waals surface area (Å²) in [5.41, 5.74) is 0. The molecule has 0 spiro atoms. The molecule has 0 radical (unpaired) electrons. The number of urea groups is 1. The first kappa shape index (κ1) is 17.1. The highest BCUT2D eigenvalue weighted by Crippen LogP contribution is 2.10. The van der Waals surface area contributed by atoms with E-state index in [-0.39, 0.29) is 18.5 Å². The van der Waals surface area contributed by atoms with E-state index in [4.69, 9.17) is 5.11 Å².